The summed E-state index contributed by atoms with van der Waals surface area (Å²) < 4.78 is 2.03. The van der Waals surface area contributed by atoms with Crippen molar-refractivity contribution in [1.29, 1.82) is 0 Å². The molecule has 0 saturated carbocycles. The highest BCUT2D eigenvalue weighted by molar-refractivity contribution is 9.11. The maximum absolute atomic E-state index is 6.60. The second-order valence-electron chi connectivity index (χ2n) is 4.46. The van der Waals surface area contributed by atoms with E-state index in [1.165, 1.54) is 0 Å². The molecule has 2 rings (SSSR count). The van der Waals surface area contributed by atoms with E-state index in [0.29, 0.717) is 0 Å². The summed E-state index contributed by atoms with van der Waals surface area (Å²) >= 11 is 20.1. The van der Waals surface area contributed by atoms with Gasteiger partial charge in [-0.05, 0) is 48.2 Å². The van der Waals surface area contributed by atoms with E-state index in [-0.39, 0.29) is 5.38 Å². The molecule has 0 amide bonds. The number of alkyl halides is 1. The number of aryl methyl sites for hydroxylation is 2. The van der Waals surface area contributed by atoms with Gasteiger partial charge in [-0.15, -0.1) is 11.6 Å². The van der Waals surface area contributed by atoms with E-state index < -0.39 is 0 Å². The quantitative estimate of drug-likeness (QED) is 0.466. The van der Waals surface area contributed by atoms with Gasteiger partial charge in [0, 0.05) is 14.0 Å². The molecule has 0 nitrogen and oxygen atoms in total. The molecule has 0 radical (unpaired) electrons. The van der Waals surface area contributed by atoms with Crippen molar-refractivity contribution in [3.63, 3.8) is 0 Å². The molecule has 0 fully saturated rings. The molecule has 100 valence electrons. The summed E-state index contributed by atoms with van der Waals surface area (Å²) in [6, 6.07) is 10.0. The Bertz CT molecular complexity index is 624. The Hall–Kier alpha value is -0.0200. The fourth-order valence-corrected chi connectivity index (χ4v) is 3.72. The van der Waals surface area contributed by atoms with Crippen molar-refractivity contribution >= 4 is 55.1 Å². The fraction of sp³-hybridized carbons (Fsp3) is 0.200. The molecule has 1 atom stereocenters. The summed E-state index contributed by atoms with van der Waals surface area (Å²) in [5.74, 6) is 0. The first-order valence-electron chi connectivity index (χ1n) is 5.76. The van der Waals surface area contributed by atoms with Crippen molar-refractivity contribution in [3.05, 3.63) is 66.6 Å². The van der Waals surface area contributed by atoms with Crippen LogP contribution in [0.15, 0.2) is 39.3 Å². The number of hydrogen-bond donors (Lipinski definition) is 0. The van der Waals surface area contributed by atoms with Crippen LogP contribution in [-0.4, -0.2) is 0 Å². The Labute approximate surface area is 140 Å². The number of benzene rings is 2. The van der Waals surface area contributed by atoms with E-state index >= 15 is 0 Å². The van der Waals surface area contributed by atoms with Crippen LogP contribution in [0.5, 0.6) is 0 Å². The van der Waals surface area contributed by atoms with Crippen LogP contribution in [0.1, 0.15) is 27.6 Å². The zero-order valence-corrected chi connectivity index (χ0v) is 15.2. The van der Waals surface area contributed by atoms with Crippen molar-refractivity contribution in [3.8, 4) is 0 Å². The molecule has 0 aromatic heterocycles. The van der Waals surface area contributed by atoms with E-state index in [9.17, 15) is 0 Å². The minimum Gasteiger partial charge on any atom is -0.112 e. The van der Waals surface area contributed by atoms with E-state index in [2.05, 4.69) is 37.9 Å². The standard InChI is InChI=1S/C15H12Br2Cl2/c1-8-4-3-5-10(14(8)18)15(19)11-7-12(16)9(2)6-13(11)17/h3-7,15H,1-2H3. The summed E-state index contributed by atoms with van der Waals surface area (Å²) in [4.78, 5) is 0. The van der Waals surface area contributed by atoms with Gasteiger partial charge in [-0.25, -0.2) is 0 Å². The smallest absolute Gasteiger partial charge is 0.0861 e. The van der Waals surface area contributed by atoms with Gasteiger partial charge in [0.05, 0.1) is 5.38 Å². The van der Waals surface area contributed by atoms with E-state index in [4.69, 9.17) is 23.2 Å². The van der Waals surface area contributed by atoms with Crippen LogP contribution >= 0.6 is 55.1 Å². The molecule has 0 aliphatic carbocycles. The maximum Gasteiger partial charge on any atom is 0.0861 e. The number of halogens is 4. The molecule has 0 aliphatic rings. The fourth-order valence-electron chi connectivity index (χ4n) is 1.89. The molecular weight excluding hydrogens is 411 g/mol. The summed E-state index contributed by atoms with van der Waals surface area (Å²) in [6.07, 6.45) is 0. The third-order valence-electron chi connectivity index (χ3n) is 3.05. The molecule has 0 bridgehead atoms. The average molecular weight is 423 g/mol. The first-order chi connectivity index (χ1) is 8.91. The van der Waals surface area contributed by atoms with Crippen LogP contribution in [0.2, 0.25) is 5.02 Å². The molecule has 2 aromatic carbocycles. The van der Waals surface area contributed by atoms with Crippen LogP contribution in [0.3, 0.4) is 0 Å². The molecule has 2 aromatic rings. The Morgan fingerprint density at radius 1 is 0.947 bits per heavy atom. The molecule has 0 aliphatic heterocycles. The predicted octanol–water partition coefficient (Wildman–Crippen LogP) is 6.81. The van der Waals surface area contributed by atoms with Gasteiger partial charge in [0.1, 0.15) is 0 Å². The van der Waals surface area contributed by atoms with Gasteiger partial charge < -0.3 is 0 Å². The summed E-state index contributed by atoms with van der Waals surface area (Å²) in [5.41, 5.74) is 4.13. The first-order valence-corrected chi connectivity index (χ1v) is 8.16. The third kappa shape index (κ3) is 3.18. The summed E-state index contributed by atoms with van der Waals surface area (Å²) in [7, 11) is 0. The molecule has 19 heavy (non-hydrogen) atoms. The van der Waals surface area contributed by atoms with Crippen LogP contribution in [0.4, 0.5) is 0 Å². The van der Waals surface area contributed by atoms with Crippen LogP contribution in [-0.2, 0) is 0 Å². The SMILES string of the molecule is Cc1cc(Br)c(C(Cl)c2cccc(C)c2Cl)cc1Br. The van der Waals surface area contributed by atoms with Gasteiger partial charge in [0.2, 0.25) is 0 Å². The molecule has 0 spiro atoms. The zero-order valence-electron chi connectivity index (χ0n) is 10.5. The van der Waals surface area contributed by atoms with Crippen LogP contribution < -0.4 is 0 Å². The highest BCUT2D eigenvalue weighted by Gasteiger charge is 2.18. The molecule has 0 N–H and O–H groups in total. The Balaban J connectivity index is 2.53. The molecule has 0 heterocycles. The molecule has 1 unspecified atom stereocenters. The normalized spacial score (nSPS) is 12.5. The molecular formula is C15H12Br2Cl2. The van der Waals surface area contributed by atoms with Gasteiger partial charge in [-0.1, -0.05) is 61.7 Å². The van der Waals surface area contributed by atoms with E-state index in [0.717, 1.165) is 36.2 Å². The number of rotatable bonds is 2. The lowest BCUT2D eigenvalue weighted by Crippen LogP contribution is -1.98. The lowest BCUT2D eigenvalue weighted by atomic mass is 10.0. The van der Waals surface area contributed by atoms with Crippen molar-refractivity contribution in [2.75, 3.05) is 0 Å². The number of hydrogen-bond acceptors (Lipinski definition) is 0. The molecule has 0 saturated heterocycles. The van der Waals surface area contributed by atoms with Gasteiger partial charge >= 0.3 is 0 Å². The van der Waals surface area contributed by atoms with Gasteiger partial charge in [-0.3, -0.25) is 0 Å². The van der Waals surface area contributed by atoms with Crippen molar-refractivity contribution < 1.29 is 0 Å². The van der Waals surface area contributed by atoms with Crippen LogP contribution in [0.25, 0.3) is 0 Å². The molecule has 4 heteroatoms. The average Bonchev–Trinajstić information content (AvgIpc) is 2.36. The largest absolute Gasteiger partial charge is 0.112 e. The second-order valence-corrected chi connectivity index (χ2v) is 6.99. The maximum atomic E-state index is 6.60. The third-order valence-corrected chi connectivity index (χ3v) is 5.57. The lowest BCUT2D eigenvalue weighted by molar-refractivity contribution is 1.11. The second kappa shape index (κ2) is 6.17. The summed E-state index contributed by atoms with van der Waals surface area (Å²) in [6.45, 7) is 4.02. The summed E-state index contributed by atoms with van der Waals surface area (Å²) in [5, 5.41) is 0.449. The minimum absolute atomic E-state index is 0.279. The Morgan fingerprint density at radius 2 is 1.63 bits per heavy atom. The highest BCUT2D eigenvalue weighted by Crippen LogP contribution is 2.40. The monoisotopic (exact) mass is 420 g/mol. The first kappa shape index (κ1) is 15.4. The Morgan fingerprint density at radius 3 is 2.32 bits per heavy atom. The highest BCUT2D eigenvalue weighted by atomic mass is 79.9. The van der Waals surface area contributed by atoms with Gasteiger partial charge in [0.25, 0.3) is 0 Å². The van der Waals surface area contributed by atoms with Crippen molar-refractivity contribution in [2.24, 2.45) is 0 Å². The van der Waals surface area contributed by atoms with Crippen molar-refractivity contribution in [1.82, 2.24) is 0 Å². The lowest BCUT2D eigenvalue weighted by Gasteiger charge is -2.16. The van der Waals surface area contributed by atoms with Crippen LogP contribution in [0, 0.1) is 13.8 Å². The van der Waals surface area contributed by atoms with E-state index in [1.54, 1.807) is 0 Å². The van der Waals surface area contributed by atoms with Crippen molar-refractivity contribution in [2.45, 2.75) is 19.2 Å². The van der Waals surface area contributed by atoms with E-state index in [1.807, 2.05) is 38.1 Å². The Kier molecular flexibility index (Phi) is 4.99. The minimum atomic E-state index is -0.279. The zero-order chi connectivity index (χ0) is 14.2. The topological polar surface area (TPSA) is 0 Å². The van der Waals surface area contributed by atoms with Gasteiger partial charge in [0.15, 0.2) is 0 Å². The predicted molar refractivity (Wildman–Crippen MR) is 90.5 cm³/mol. The van der Waals surface area contributed by atoms with Gasteiger partial charge in [-0.2, -0.15) is 0 Å².